The van der Waals surface area contributed by atoms with Crippen LogP contribution >= 0.6 is 24.0 Å². The largest absolute Gasteiger partial charge is 0.503 e. The standard InChI is InChI=1S/C23H25ClFN3O5.ClH/c1-3-33-11-13-7-23(8-13)12-27(2)22(32)18-20(30)19(29)15(10-28(18)23)21(31)26-9-14-5-4-6-16(24)17(14)25;/h4-6,10,13,30H,3,7-9,11-12H2,1-2H3,(H,26,31);1H. The summed E-state index contributed by atoms with van der Waals surface area (Å²) in [5.74, 6) is -2.43. The van der Waals surface area contributed by atoms with Crippen LogP contribution in [0.5, 0.6) is 5.75 Å². The van der Waals surface area contributed by atoms with Gasteiger partial charge in [0.05, 0.1) is 10.6 Å². The van der Waals surface area contributed by atoms with E-state index in [9.17, 15) is 23.9 Å². The van der Waals surface area contributed by atoms with Gasteiger partial charge in [0.25, 0.3) is 11.8 Å². The summed E-state index contributed by atoms with van der Waals surface area (Å²) in [6, 6.07) is 4.41. The Morgan fingerprint density at radius 3 is 2.74 bits per heavy atom. The first-order valence-corrected chi connectivity index (χ1v) is 11.1. The van der Waals surface area contributed by atoms with Gasteiger partial charge in [-0.3, -0.25) is 14.4 Å². The topological polar surface area (TPSA) is 101 Å². The van der Waals surface area contributed by atoms with Crippen LogP contribution in [0.1, 0.15) is 46.2 Å². The number of aromatic nitrogens is 1. The minimum atomic E-state index is -0.950. The fraction of sp³-hybridized carbons (Fsp3) is 0.435. The van der Waals surface area contributed by atoms with Gasteiger partial charge in [-0.05, 0) is 31.7 Å². The van der Waals surface area contributed by atoms with E-state index in [1.807, 2.05) is 6.92 Å². The number of aromatic hydroxyl groups is 1. The number of ether oxygens (including phenoxy) is 1. The van der Waals surface area contributed by atoms with Crippen molar-refractivity contribution in [1.82, 2.24) is 14.8 Å². The molecule has 1 saturated carbocycles. The molecule has 0 saturated heterocycles. The molecule has 0 atom stereocenters. The van der Waals surface area contributed by atoms with Gasteiger partial charge in [-0.2, -0.15) is 0 Å². The summed E-state index contributed by atoms with van der Waals surface area (Å²) in [5.41, 5.74) is -1.78. The fourth-order valence-corrected chi connectivity index (χ4v) is 5.00. The molecule has 2 N–H and O–H groups in total. The Morgan fingerprint density at radius 2 is 2.06 bits per heavy atom. The van der Waals surface area contributed by atoms with Gasteiger partial charge >= 0.3 is 0 Å². The van der Waals surface area contributed by atoms with Crippen molar-refractivity contribution in [3.63, 3.8) is 0 Å². The van der Waals surface area contributed by atoms with Crippen molar-refractivity contribution in [3.8, 4) is 5.75 Å². The van der Waals surface area contributed by atoms with Gasteiger partial charge in [-0.25, -0.2) is 4.39 Å². The highest BCUT2D eigenvalue weighted by molar-refractivity contribution is 6.30. The van der Waals surface area contributed by atoms with Crippen molar-refractivity contribution in [1.29, 1.82) is 0 Å². The maximum atomic E-state index is 14.1. The van der Waals surface area contributed by atoms with Gasteiger partial charge in [0.1, 0.15) is 11.4 Å². The summed E-state index contributed by atoms with van der Waals surface area (Å²) in [5, 5.41) is 13.0. The molecule has 1 aliphatic heterocycles. The van der Waals surface area contributed by atoms with E-state index in [2.05, 4.69) is 5.32 Å². The van der Waals surface area contributed by atoms with Crippen molar-refractivity contribution >= 4 is 35.8 Å². The zero-order valence-corrected chi connectivity index (χ0v) is 20.3. The molecule has 8 nitrogen and oxygen atoms in total. The van der Waals surface area contributed by atoms with E-state index in [1.165, 1.54) is 23.2 Å². The summed E-state index contributed by atoms with van der Waals surface area (Å²) >= 11 is 5.78. The molecule has 0 radical (unpaired) electrons. The normalized spacial score (nSPS) is 21.0. The van der Waals surface area contributed by atoms with E-state index in [1.54, 1.807) is 17.7 Å². The van der Waals surface area contributed by atoms with Crippen LogP contribution in [0, 0.1) is 11.7 Å². The van der Waals surface area contributed by atoms with Crippen molar-refractivity contribution in [2.24, 2.45) is 5.92 Å². The average molecular weight is 514 g/mol. The molecular formula is C23H26Cl2FN3O5. The Hall–Kier alpha value is -2.62. The minimum absolute atomic E-state index is 0. The van der Waals surface area contributed by atoms with Crippen LogP contribution < -0.4 is 10.7 Å². The molecule has 1 spiro atoms. The van der Waals surface area contributed by atoms with Crippen molar-refractivity contribution in [3.05, 3.63) is 62.3 Å². The number of nitrogens with zero attached hydrogens (tertiary/aromatic N) is 2. The summed E-state index contributed by atoms with van der Waals surface area (Å²) in [7, 11) is 1.62. The van der Waals surface area contributed by atoms with Gasteiger partial charge in [-0.1, -0.05) is 23.7 Å². The smallest absolute Gasteiger partial charge is 0.274 e. The first-order chi connectivity index (χ1) is 15.7. The Morgan fingerprint density at radius 1 is 1.35 bits per heavy atom. The number of pyridine rings is 1. The molecule has 0 unspecified atom stereocenters. The molecule has 2 aliphatic rings. The Bertz CT molecular complexity index is 1180. The van der Waals surface area contributed by atoms with E-state index in [0.29, 0.717) is 32.6 Å². The number of likely N-dealkylation sites (N-methyl/N-ethyl adjacent to an activating group) is 1. The van der Waals surface area contributed by atoms with Gasteiger partial charge in [0.2, 0.25) is 5.43 Å². The van der Waals surface area contributed by atoms with Crippen LogP contribution in [0.25, 0.3) is 0 Å². The van der Waals surface area contributed by atoms with Gasteiger partial charge in [0.15, 0.2) is 11.4 Å². The van der Waals surface area contributed by atoms with E-state index >= 15 is 0 Å². The molecule has 2 aromatic rings. The Kier molecular flexibility index (Phi) is 7.59. The van der Waals surface area contributed by atoms with E-state index in [4.69, 9.17) is 16.3 Å². The number of hydrogen-bond acceptors (Lipinski definition) is 5. The maximum absolute atomic E-state index is 14.1. The molecule has 2 heterocycles. The number of halogens is 3. The lowest BCUT2D eigenvalue weighted by Gasteiger charge is -2.54. The van der Waals surface area contributed by atoms with Crippen molar-refractivity contribution in [2.45, 2.75) is 31.8 Å². The van der Waals surface area contributed by atoms with Crippen LogP contribution in [-0.2, 0) is 16.8 Å². The van der Waals surface area contributed by atoms with E-state index in [-0.39, 0.29) is 46.7 Å². The number of carbonyl (C=O) groups is 2. The Balaban J connectivity index is 0.00000324. The molecular weight excluding hydrogens is 488 g/mol. The van der Waals surface area contributed by atoms with Crippen molar-refractivity contribution < 1.29 is 23.8 Å². The number of rotatable bonds is 6. The zero-order chi connectivity index (χ0) is 23.9. The molecule has 0 bridgehead atoms. The monoisotopic (exact) mass is 513 g/mol. The van der Waals surface area contributed by atoms with Crippen LogP contribution in [0.2, 0.25) is 5.02 Å². The summed E-state index contributed by atoms with van der Waals surface area (Å²) in [6.45, 7) is 3.29. The molecule has 11 heteroatoms. The van der Waals surface area contributed by atoms with Crippen molar-refractivity contribution in [2.75, 3.05) is 26.8 Å². The minimum Gasteiger partial charge on any atom is -0.503 e. The molecule has 184 valence electrons. The van der Waals surface area contributed by atoms with E-state index in [0.717, 1.165) is 0 Å². The highest BCUT2D eigenvalue weighted by atomic mass is 35.5. The average Bonchev–Trinajstić information content (AvgIpc) is 2.76. The third-order valence-electron chi connectivity index (χ3n) is 6.39. The lowest BCUT2D eigenvalue weighted by Crippen LogP contribution is -2.60. The van der Waals surface area contributed by atoms with Crippen LogP contribution in [0.15, 0.2) is 29.2 Å². The predicted octanol–water partition coefficient (Wildman–Crippen LogP) is 2.93. The molecule has 1 fully saturated rings. The lowest BCUT2D eigenvalue weighted by molar-refractivity contribution is -0.0265. The highest BCUT2D eigenvalue weighted by Crippen LogP contribution is 2.48. The SMILES string of the molecule is CCOCC1CC2(C1)CN(C)C(=O)c1c(O)c(=O)c(C(=O)NCc3cccc(Cl)c3F)cn12.Cl. The maximum Gasteiger partial charge on any atom is 0.274 e. The summed E-state index contributed by atoms with van der Waals surface area (Å²) < 4.78 is 21.2. The quantitative estimate of drug-likeness (QED) is 0.618. The molecule has 1 aromatic heterocycles. The zero-order valence-electron chi connectivity index (χ0n) is 18.8. The number of benzene rings is 1. The van der Waals surface area contributed by atoms with Gasteiger partial charge < -0.3 is 24.6 Å². The van der Waals surface area contributed by atoms with Crippen LogP contribution in [0.4, 0.5) is 4.39 Å². The van der Waals surface area contributed by atoms with Gasteiger partial charge in [0, 0.05) is 45.1 Å². The first-order valence-electron chi connectivity index (χ1n) is 10.7. The predicted molar refractivity (Wildman–Crippen MR) is 126 cm³/mol. The number of fused-ring (bicyclic) bond motifs is 2. The molecule has 1 aliphatic carbocycles. The molecule has 1 aromatic carbocycles. The third kappa shape index (κ3) is 4.39. The number of nitrogens with one attached hydrogen (secondary N) is 1. The summed E-state index contributed by atoms with van der Waals surface area (Å²) in [4.78, 5) is 39.9. The molecule has 34 heavy (non-hydrogen) atoms. The second-order valence-corrected chi connectivity index (χ2v) is 9.06. The third-order valence-corrected chi connectivity index (χ3v) is 6.68. The summed E-state index contributed by atoms with van der Waals surface area (Å²) in [6.07, 6.45) is 2.69. The number of carbonyl (C=O) groups excluding carboxylic acids is 2. The first kappa shape index (κ1) is 26.0. The molecule has 4 rings (SSSR count). The second-order valence-electron chi connectivity index (χ2n) is 8.65. The van der Waals surface area contributed by atoms with Crippen LogP contribution in [-0.4, -0.2) is 53.2 Å². The fourth-order valence-electron chi connectivity index (χ4n) is 4.81. The Labute approximate surface area is 207 Å². The highest BCUT2D eigenvalue weighted by Gasteiger charge is 2.51. The molecule has 2 amide bonds. The van der Waals surface area contributed by atoms with Crippen LogP contribution in [0.3, 0.4) is 0 Å². The lowest BCUT2D eigenvalue weighted by atomic mass is 9.67. The van der Waals surface area contributed by atoms with E-state index < -0.39 is 34.3 Å². The number of hydrogen-bond donors (Lipinski definition) is 2. The number of amides is 2. The van der Waals surface area contributed by atoms with Gasteiger partial charge in [-0.15, -0.1) is 12.4 Å². The second kappa shape index (κ2) is 9.93.